The molecule has 3 unspecified atom stereocenters. The van der Waals surface area contributed by atoms with Gasteiger partial charge in [-0.15, -0.1) is 0 Å². The highest BCUT2D eigenvalue weighted by Gasteiger charge is 2.21. The monoisotopic (exact) mass is 265 g/mol. The summed E-state index contributed by atoms with van der Waals surface area (Å²) in [6.45, 7) is 7.87. The molecule has 0 rings (SSSR count). The van der Waals surface area contributed by atoms with Crippen molar-refractivity contribution in [1.82, 2.24) is 5.32 Å². The minimum Gasteiger partial charge on any atom is -0.396 e. The zero-order chi connectivity index (χ0) is 11.3. The van der Waals surface area contributed by atoms with E-state index in [1.807, 2.05) is 27.7 Å². The standard InChI is InChI=1S/C10H20BrNO2/c1-6(2)9(11)10(14)12-8(4)7(3)5-13/h6-9,13H,5H2,1-4H3,(H,12,14). The molecule has 0 spiro atoms. The third-order valence-electron chi connectivity index (χ3n) is 2.35. The Bertz CT molecular complexity index is 185. The minimum absolute atomic E-state index is 0.00583. The summed E-state index contributed by atoms with van der Waals surface area (Å²) >= 11 is 3.33. The van der Waals surface area contributed by atoms with Crippen molar-refractivity contribution in [1.29, 1.82) is 0 Å². The second-order valence-electron chi connectivity index (χ2n) is 4.10. The van der Waals surface area contributed by atoms with Crippen LogP contribution in [0, 0.1) is 11.8 Å². The molecule has 0 aromatic rings. The number of nitrogens with one attached hydrogen (secondary N) is 1. The molecule has 84 valence electrons. The topological polar surface area (TPSA) is 49.3 Å². The average Bonchev–Trinajstić information content (AvgIpc) is 2.14. The first-order valence-corrected chi connectivity index (χ1v) is 5.87. The van der Waals surface area contributed by atoms with Crippen molar-refractivity contribution in [2.45, 2.75) is 38.6 Å². The van der Waals surface area contributed by atoms with Crippen molar-refractivity contribution in [2.75, 3.05) is 6.61 Å². The molecule has 0 aromatic carbocycles. The van der Waals surface area contributed by atoms with Crippen molar-refractivity contribution in [3.05, 3.63) is 0 Å². The lowest BCUT2D eigenvalue weighted by atomic mass is 10.0. The third kappa shape index (κ3) is 4.42. The van der Waals surface area contributed by atoms with Gasteiger partial charge in [-0.05, 0) is 18.8 Å². The predicted octanol–water partition coefficient (Wildman–Crippen LogP) is 1.54. The number of amides is 1. The zero-order valence-corrected chi connectivity index (χ0v) is 10.8. The molecular weight excluding hydrogens is 246 g/mol. The Kier molecular flexibility index (Phi) is 6.36. The highest BCUT2D eigenvalue weighted by molar-refractivity contribution is 9.10. The van der Waals surface area contributed by atoms with Crippen LogP contribution >= 0.6 is 15.9 Å². The molecule has 3 atom stereocenters. The summed E-state index contributed by atoms with van der Waals surface area (Å²) in [7, 11) is 0. The Hall–Kier alpha value is -0.0900. The van der Waals surface area contributed by atoms with E-state index in [1.54, 1.807) is 0 Å². The molecule has 0 aromatic heterocycles. The van der Waals surface area contributed by atoms with Crippen LogP contribution in [0.15, 0.2) is 0 Å². The molecule has 4 heteroatoms. The summed E-state index contributed by atoms with van der Waals surface area (Å²) in [5, 5.41) is 11.8. The fourth-order valence-electron chi connectivity index (χ4n) is 0.907. The van der Waals surface area contributed by atoms with Gasteiger partial charge in [0.2, 0.25) is 5.91 Å². The zero-order valence-electron chi connectivity index (χ0n) is 9.25. The Labute approximate surface area is 94.4 Å². The lowest BCUT2D eigenvalue weighted by Crippen LogP contribution is -2.43. The van der Waals surface area contributed by atoms with Crippen LogP contribution in [0.1, 0.15) is 27.7 Å². The van der Waals surface area contributed by atoms with Crippen molar-refractivity contribution >= 4 is 21.8 Å². The molecule has 0 heterocycles. The van der Waals surface area contributed by atoms with Crippen molar-refractivity contribution in [3.8, 4) is 0 Å². The lowest BCUT2D eigenvalue weighted by molar-refractivity contribution is -0.122. The number of carbonyl (C=O) groups excluding carboxylic acids is 1. The predicted molar refractivity (Wildman–Crippen MR) is 61.4 cm³/mol. The van der Waals surface area contributed by atoms with Gasteiger partial charge in [0.15, 0.2) is 0 Å². The number of aliphatic hydroxyl groups is 1. The van der Waals surface area contributed by atoms with Gasteiger partial charge in [0.05, 0.1) is 4.83 Å². The van der Waals surface area contributed by atoms with Gasteiger partial charge in [0, 0.05) is 12.6 Å². The molecule has 0 aliphatic heterocycles. The van der Waals surface area contributed by atoms with Gasteiger partial charge in [0.25, 0.3) is 0 Å². The number of halogens is 1. The Balaban J connectivity index is 4.05. The number of hydrogen-bond acceptors (Lipinski definition) is 2. The smallest absolute Gasteiger partial charge is 0.234 e. The second kappa shape index (κ2) is 6.40. The van der Waals surface area contributed by atoms with Crippen LogP contribution in [0.2, 0.25) is 0 Å². The number of aliphatic hydroxyl groups excluding tert-OH is 1. The molecular formula is C10H20BrNO2. The van der Waals surface area contributed by atoms with E-state index in [-0.39, 0.29) is 35.2 Å². The highest BCUT2D eigenvalue weighted by atomic mass is 79.9. The first-order valence-electron chi connectivity index (χ1n) is 4.95. The molecule has 3 nitrogen and oxygen atoms in total. The fourth-order valence-corrected chi connectivity index (χ4v) is 1.04. The van der Waals surface area contributed by atoms with Crippen LogP contribution in [0.3, 0.4) is 0 Å². The Morgan fingerprint density at radius 1 is 1.36 bits per heavy atom. The minimum atomic E-state index is -0.157. The summed E-state index contributed by atoms with van der Waals surface area (Å²) in [4.78, 5) is 11.4. The number of carbonyl (C=O) groups is 1. The first-order chi connectivity index (χ1) is 6.40. The lowest BCUT2D eigenvalue weighted by Gasteiger charge is -2.22. The quantitative estimate of drug-likeness (QED) is 0.741. The van der Waals surface area contributed by atoms with Gasteiger partial charge in [-0.25, -0.2) is 0 Å². The normalized spacial score (nSPS) is 17.6. The van der Waals surface area contributed by atoms with E-state index in [4.69, 9.17) is 5.11 Å². The van der Waals surface area contributed by atoms with Crippen molar-refractivity contribution in [2.24, 2.45) is 11.8 Å². The van der Waals surface area contributed by atoms with Crippen LogP contribution in [-0.2, 0) is 4.79 Å². The van der Waals surface area contributed by atoms with E-state index >= 15 is 0 Å². The molecule has 0 aliphatic rings. The molecule has 0 fully saturated rings. The summed E-state index contributed by atoms with van der Waals surface area (Å²) < 4.78 is 0. The fraction of sp³-hybridized carbons (Fsp3) is 0.900. The van der Waals surface area contributed by atoms with Gasteiger partial charge in [0.1, 0.15) is 0 Å². The molecule has 0 saturated heterocycles. The van der Waals surface area contributed by atoms with Crippen LogP contribution < -0.4 is 5.32 Å². The second-order valence-corrected chi connectivity index (χ2v) is 5.09. The van der Waals surface area contributed by atoms with Gasteiger partial charge >= 0.3 is 0 Å². The van der Waals surface area contributed by atoms with E-state index in [2.05, 4.69) is 21.2 Å². The van der Waals surface area contributed by atoms with E-state index in [0.717, 1.165) is 0 Å². The van der Waals surface area contributed by atoms with Gasteiger partial charge in [-0.2, -0.15) is 0 Å². The molecule has 2 N–H and O–H groups in total. The molecule has 14 heavy (non-hydrogen) atoms. The average molecular weight is 266 g/mol. The maximum atomic E-state index is 11.6. The summed E-state index contributed by atoms with van der Waals surface area (Å²) in [6.07, 6.45) is 0. The maximum Gasteiger partial charge on any atom is 0.234 e. The molecule has 0 aliphatic carbocycles. The number of rotatable bonds is 5. The number of hydrogen-bond donors (Lipinski definition) is 2. The van der Waals surface area contributed by atoms with Crippen LogP contribution in [0.4, 0.5) is 0 Å². The third-order valence-corrected chi connectivity index (χ3v) is 3.82. The van der Waals surface area contributed by atoms with E-state index in [0.29, 0.717) is 0 Å². The summed E-state index contributed by atoms with van der Waals surface area (Å²) in [6, 6.07) is 0.00583. The van der Waals surface area contributed by atoms with E-state index < -0.39 is 0 Å². The van der Waals surface area contributed by atoms with Gasteiger partial charge in [-0.3, -0.25) is 4.79 Å². The summed E-state index contributed by atoms with van der Waals surface area (Å²) in [5.74, 6) is 0.352. The van der Waals surface area contributed by atoms with Crippen molar-refractivity contribution in [3.63, 3.8) is 0 Å². The Morgan fingerprint density at radius 2 is 1.86 bits per heavy atom. The van der Waals surface area contributed by atoms with Crippen LogP contribution in [0.5, 0.6) is 0 Å². The Morgan fingerprint density at radius 3 is 2.21 bits per heavy atom. The molecule has 1 amide bonds. The molecule has 0 bridgehead atoms. The van der Waals surface area contributed by atoms with Gasteiger partial charge < -0.3 is 10.4 Å². The summed E-state index contributed by atoms with van der Waals surface area (Å²) in [5.41, 5.74) is 0. The highest BCUT2D eigenvalue weighted by Crippen LogP contribution is 2.12. The first kappa shape index (κ1) is 13.9. The maximum absolute atomic E-state index is 11.6. The van der Waals surface area contributed by atoms with E-state index in [9.17, 15) is 4.79 Å². The molecule has 0 radical (unpaired) electrons. The van der Waals surface area contributed by atoms with Crippen molar-refractivity contribution < 1.29 is 9.90 Å². The van der Waals surface area contributed by atoms with Crippen LogP contribution in [0.25, 0.3) is 0 Å². The van der Waals surface area contributed by atoms with Crippen LogP contribution in [-0.4, -0.2) is 28.5 Å². The van der Waals surface area contributed by atoms with E-state index in [1.165, 1.54) is 0 Å². The van der Waals surface area contributed by atoms with Gasteiger partial charge in [-0.1, -0.05) is 36.7 Å². The number of alkyl halides is 1. The SMILES string of the molecule is CC(C)C(Br)C(=O)NC(C)C(C)CO. The largest absolute Gasteiger partial charge is 0.396 e. The molecule has 0 saturated carbocycles.